The maximum Gasteiger partial charge on any atom is 0.304 e. The van der Waals surface area contributed by atoms with Gasteiger partial charge in [-0.2, -0.15) is 12.7 Å². The number of ether oxygens (including phenoxy) is 1. The number of hydrogen-bond acceptors (Lipinski definition) is 6. The molecule has 2 aromatic carbocycles. The van der Waals surface area contributed by atoms with Crippen LogP contribution >= 0.6 is 0 Å². The average molecular weight is 463 g/mol. The second-order valence-corrected chi connectivity index (χ2v) is 9.76. The van der Waals surface area contributed by atoms with Gasteiger partial charge in [-0.1, -0.05) is 30.3 Å². The zero-order valence-corrected chi connectivity index (χ0v) is 18.5. The molecule has 32 heavy (non-hydrogen) atoms. The number of piperazine rings is 1. The van der Waals surface area contributed by atoms with Crippen LogP contribution in [0.1, 0.15) is 15.9 Å². The predicted molar refractivity (Wildman–Crippen MR) is 119 cm³/mol. The lowest BCUT2D eigenvalue weighted by molar-refractivity contribution is -0.0721. The first-order valence-electron chi connectivity index (χ1n) is 10.6. The van der Waals surface area contributed by atoms with Gasteiger partial charge in [0.1, 0.15) is 5.82 Å². The fraction of sp³-hybridized carbons (Fsp3) is 0.409. The van der Waals surface area contributed by atoms with Crippen LogP contribution in [-0.2, 0) is 21.5 Å². The third-order valence-electron chi connectivity index (χ3n) is 5.93. The fourth-order valence-corrected chi connectivity index (χ4v) is 5.49. The van der Waals surface area contributed by atoms with E-state index in [1.165, 1.54) is 20.7 Å². The number of hydrogen-bond donors (Lipinski definition) is 1. The SMILES string of the molecule is NCC(=O)c1ccc(CN(c2ccccc2)S(=O)(=O)N2CCN(C3COC3)CC2)c(F)c1. The van der Waals surface area contributed by atoms with Crippen LogP contribution in [0.15, 0.2) is 48.5 Å². The van der Waals surface area contributed by atoms with E-state index in [0.29, 0.717) is 51.1 Å². The molecule has 2 heterocycles. The molecule has 2 aliphatic heterocycles. The van der Waals surface area contributed by atoms with Gasteiger partial charge in [0.25, 0.3) is 0 Å². The van der Waals surface area contributed by atoms with E-state index in [9.17, 15) is 17.6 Å². The van der Waals surface area contributed by atoms with Crippen molar-refractivity contribution >= 4 is 21.7 Å². The molecular formula is C22H27FN4O4S. The largest absolute Gasteiger partial charge is 0.378 e. The number of Topliss-reactive ketones (excluding diaryl/α,β-unsaturated/α-hetero) is 1. The summed E-state index contributed by atoms with van der Waals surface area (Å²) in [6.07, 6.45) is 0. The molecule has 10 heteroatoms. The number of rotatable bonds is 8. The van der Waals surface area contributed by atoms with Crippen LogP contribution in [0.25, 0.3) is 0 Å². The summed E-state index contributed by atoms with van der Waals surface area (Å²) in [4.78, 5) is 14.0. The first-order valence-corrected chi connectivity index (χ1v) is 12.0. The molecule has 0 atom stereocenters. The van der Waals surface area contributed by atoms with Crippen LogP contribution in [0.4, 0.5) is 10.1 Å². The normalized spacial score (nSPS) is 18.3. The Hall–Kier alpha value is -2.37. The molecule has 2 fully saturated rings. The predicted octanol–water partition coefficient (Wildman–Crippen LogP) is 1.23. The topological polar surface area (TPSA) is 96.2 Å². The third-order valence-corrected chi connectivity index (χ3v) is 7.85. The van der Waals surface area contributed by atoms with Crippen molar-refractivity contribution in [3.05, 3.63) is 65.5 Å². The number of carbonyl (C=O) groups is 1. The minimum Gasteiger partial charge on any atom is -0.378 e. The van der Waals surface area contributed by atoms with E-state index in [0.717, 1.165) is 6.07 Å². The molecule has 0 spiro atoms. The molecule has 0 saturated carbocycles. The van der Waals surface area contributed by atoms with E-state index in [2.05, 4.69) is 4.90 Å². The minimum absolute atomic E-state index is 0.166. The summed E-state index contributed by atoms with van der Waals surface area (Å²) in [5, 5.41) is 0. The van der Waals surface area contributed by atoms with Gasteiger partial charge in [-0.25, -0.2) is 4.39 Å². The highest BCUT2D eigenvalue weighted by Gasteiger charge is 2.36. The molecule has 2 aromatic rings. The Labute approximate surface area is 187 Å². The number of halogens is 1. The molecule has 0 unspecified atom stereocenters. The maximum absolute atomic E-state index is 14.8. The Balaban J connectivity index is 1.58. The molecule has 0 aromatic heterocycles. The van der Waals surface area contributed by atoms with Crippen LogP contribution in [0.2, 0.25) is 0 Å². The van der Waals surface area contributed by atoms with Gasteiger partial charge in [-0.05, 0) is 18.2 Å². The van der Waals surface area contributed by atoms with Crippen molar-refractivity contribution < 1.29 is 22.3 Å². The number of nitrogens with zero attached hydrogens (tertiary/aromatic N) is 3. The zero-order valence-electron chi connectivity index (χ0n) is 17.7. The summed E-state index contributed by atoms with van der Waals surface area (Å²) in [6, 6.07) is 13.0. The van der Waals surface area contributed by atoms with Crippen LogP contribution < -0.4 is 10.0 Å². The summed E-state index contributed by atoms with van der Waals surface area (Å²) in [6.45, 7) is 2.92. The molecule has 4 rings (SSSR count). The standard InChI is InChI=1S/C22H27FN4O4S/c23-21-12-17(22(28)13-24)6-7-18(21)14-27(19-4-2-1-3-5-19)32(29,30)26-10-8-25(9-11-26)20-15-31-16-20/h1-7,12,20H,8-11,13-16,24H2. The summed E-state index contributed by atoms with van der Waals surface area (Å²) in [5.74, 6) is -1.02. The number of para-hydroxylation sites is 1. The molecule has 0 amide bonds. The van der Waals surface area contributed by atoms with Crippen molar-refractivity contribution in [3.8, 4) is 0 Å². The fourth-order valence-electron chi connectivity index (χ4n) is 3.89. The monoisotopic (exact) mass is 462 g/mol. The lowest BCUT2D eigenvalue weighted by Crippen LogP contribution is -2.59. The maximum atomic E-state index is 14.8. The quantitative estimate of drug-likeness (QED) is 0.593. The van der Waals surface area contributed by atoms with Crippen molar-refractivity contribution in [2.45, 2.75) is 12.6 Å². The smallest absolute Gasteiger partial charge is 0.304 e. The number of anilines is 1. The highest BCUT2D eigenvalue weighted by molar-refractivity contribution is 7.90. The molecule has 172 valence electrons. The van der Waals surface area contributed by atoms with E-state index < -0.39 is 16.0 Å². The number of benzene rings is 2. The molecule has 2 N–H and O–H groups in total. The van der Waals surface area contributed by atoms with Gasteiger partial charge < -0.3 is 10.5 Å². The Morgan fingerprint density at radius 2 is 1.78 bits per heavy atom. The van der Waals surface area contributed by atoms with Gasteiger partial charge in [0, 0.05) is 37.3 Å². The van der Waals surface area contributed by atoms with Gasteiger partial charge in [-0.3, -0.25) is 14.0 Å². The lowest BCUT2D eigenvalue weighted by Gasteiger charge is -2.43. The Morgan fingerprint density at radius 1 is 1.09 bits per heavy atom. The second kappa shape index (κ2) is 9.63. The second-order valence-electron chi connectivity index (χ2n) is 7.91. The van der Waals surface area contributed by atoms with Gasteiger partial charge in [-0.15, -0.1) is 0 Å². The van der Waals surface area contributed by atoms with Crippen LogP contribution in [0, 0.1) is 5.82 Å². The number of carbonyl (C=O) groups excluding carboxylic acids is 1. The minimum atomic E-state index is -3.91. The van der Waals surface area contributed by atoms with E-state index in [4.69, 9.17) is 10.5 Å². The van der Waals surface area contributed by atoms with E-state index in [-0.39, 0.29) is 30.0 Å². The van der Waals surface area contributed by atoms with E-state index in [1.807, 2.05) is 0 Å². The van der Waals surface area contributed by atoms with E-state index in [1.54, 1.807) is 30.3 Å². The molecule has 0 radical (unpaired) electrons. The van der Waals surface area contributed by atoms with Crippen molar-refractivity contribution in [2.75, 3.05) is 50.2 Å². The van der Waals surface area contributed by atoms with Crippen molar-refractivity contribution in [2.24, 2.45) is 5.73 Å². The van der Waals surface area contributed by atoms with E-state index >= 15 is 0 Å². The molecule has 0 aliphatic carbocycles. The first-order chi connectivity index (χ1) is 15.4. The highest BCUT2D eigenvalue weighted by Crippen LogP contribution is 2.26. The Morgan fingerprint density at radius 3 is 2.34 bits per heavy atom. The Bertz CT molecular complexity index is 1050. The molecule has 8 nitrogen and oxygen atoms in total. The first kappa shape index (κ1) is 22.8. The van der Waals surface area contributed by atoms with Crippen LogP contribution in [0.3, 0.4) is 0 Å². The summed E-state index contributed by atoms with van der Waals surface area (Å²) < 4.78 is 49.9. The molecular weight excluding hydrogens is 435 g/mol. The lowest BCUT2D eigenvalue weighted by atomic mass is 10.1. The van der Waals surface area contributed by atoms with Gasteiger partial charge in [0.05, 0.1) is 38.0 Å². The van der Waals surface area contributed by atoms with Gasteiger partial charge in [0.15, 0.2) is 5.78 Å². The van der Waals surface area contributed by atoms with Crippen LogP contribution in [-0.4, -0.2) is 75.4 Å². The summed E-state index contributed by atoms with van der Waals surface area (Å²) in [7, 11) is -3.91. The zero-order chi connectivity index (χ0) is 22.7. The number of nitrogens with two attached hydrogens (primary N) is 1. The van der Waals surface area contributed by atoms with Gasteiger partial charge >= 0.3 is 10.2 Å². The van der Waals surface area contributed by atoms with Crippen LogP contribution in [0.5, 0.6) is 0 Å². The van der Waals surface area contributed by atoms with Crippen molar-refractivity contribution in [1.82, 2.24) is 9.21 Å². The summed E-state index contributed by atoms with van der Waals surface area (Å²) in [5.41, 5.74) is 6.14. The van der Waals surface area contributed by atoms with Gasteiger partial charge in [0.2, 0.25) is 0 Å². The van der Waals surface area contributed by atoms with Crippen molar-refractivity contribution in [1.29, 1.82) is 0 Å². The average Bonchev–Trinajstić information content (AvgIpc) is 2.77. The Kier molecular flexibility index (Phi) is 6.87. The van der Waals surface area contributed by atoms with Crippen molar-refractivity contribution in [3.63, 3.8) is 0 Å². The number of ketones is 1. The molecule has 0 bridgehead atoms. The molecule has 2 aliphatic rings. The summed E-state index contributed by atoms with van der Waals surface area (Å²) >= 11 is 0. The third kappa shape index (κ3) is 4.69. The molecule has 2 saturated heterocycles. The highest BCUT2D eigenvalue weighted by atomic mass is 32.2.